The quantitative estimate of drug-likeness (QED) is 0.731. The average molecular weight is 205 g/mol. The van der Waals surface area contributed by atoms with Crippen LogP contribution in [0.15, 0.2) is 0 Å². The summed E-state index contributed by atoms with van der Waals surface area (Å²) in [6.07, 6.45) is 0.845. The van der Waals surface area contributed by atoms with Crippen molar-refractivity contribution in [2.45, 2.75) is 26.7 Å². The van der Waals surface area contributed by atoms with Crippen LogP contribution in [0.25, 0.3) is 0 Å². The summed E-state index contributed by atoms with van der Waals surface area (Å²) in [6.45, 7) is 3.93. The molecule has 84 valence electrons. The van der Waals surface area contributed by atoms with E-state index < -0.39 is 12.1 Å². The maximum Gasteiger partial charge on any atom is 0.406 e. The van der Waals surface area contributed by atoms with E-state index in [-0.39, 0.29) is 0 Å². The molecule has 5 heteroatoms. The van der Waals surface area contributed by atoms with Gasteiger partial charge in [0.1, 0.15) is 0 Å². The number of hydrogen-bond acceptors (Lipinski definition) is 3. The van der Waals surface area contributed by atoms with Gasteiger partial charge in [0.05, 0.1) is 7.11 Å². The van der Waals surface area contributed by atoms with Gasteiger partial charge < -0.3 is 15.2 Å². The van der Waals surface area contributed by atoms with Crippen LogP contribution < -0.4 is 5.32 Å². The summed E-state index contributed by atoms with van der Waals surface area (Å²) in [7, 11) is 2.82. The molecule has 0 aromatic carbocycles. The van der Waals surface area contributed by atoms with E-state index in [9.17, 15) is 9.59 Å². The summed E-state index contributed by atoms with van der Waals surface area (Å²) in [5, 5.41) is 10.5. The molecule has 1 amide bonds. The first-order valence-electron chi connectivity index (χ1n) is 4.45. The molecule has 5 nitrogen and oxygen atoms in total. The Kier molecular flexibility index (Phi) is 10.7. The number of nitrogens with one attached hydrogen (secondary N) is 1. The number of hydrogen-bond donors (Lipinski definition) is 2. The Labute approximate surface area is 84.4 Å². The van der Waals surface area contributed by atoms with Crippen molar-refractivity contribution in [3.8, 4) is 0 Å². The van der Waals surface area contributed by atoms with Crippen LogP contribution in [-0.2, 0) is 9.53 Å². The molecular weight excluding hydrogens is 186 g/mol. The Morgan fingerprint density at radius 3 is 2.07 bits per heavy atom. The lowest BCUT2D eigenvalue weighted by molar-refractivity contribution is -0.137. The smallest absolute Gasteiger partial charge is 0.406 e. The van der Waals surface area contributed by atoms with Crippen LogP contribution in [0.2, 0.25) is 0 Å². The van der Waals surface area contributed by atoms with Gasteiger partial charge in [0.15, 0.2) is 0 Å². The van der Waals surface area contributed by atoms with Gasteiger partial charge >= 0.3 is 12.1 Å². The summed E-state index contributed by atoms with van der Waals surface area (Å²) in [5.41, 5.74) is 0. The predicted octanol–water partition coefficient (Wildman–Crippen LogP) is 1.48. The van der Waals surface area contributed by atoms with Gasteiger partial charge in [-0.05, 0) is 5.92 Å². The van der Waals surface area contributed by atoms with Crippen molar-refractivity contribution in [3.05, 3.63) is 0 Å². The number of methoxy groups -OCH3 is 1. The van der Waals surface area contributed by atoms with Gasteiger partial charge in [-0.25, -0.2) is 4.79 Å². The first-order valence-corrected chi connectivity index (χ1v) is 4.45. The van der Waals surface area contributed by atoms with E-state index in [1.807, 2.05) is 13.8 Å². The molecule has 0 aromatic heterocycles. The fraction of sp³-hybridized carbons (Fsp3) is 0.778. The lowest BCUT2D eigenvalue weighted by atomic mass is 10.1. The van der Waals surface area contributed by atoms with Gasteiger partial charge in [0, 0.05) is 13.5 Å². The van der Waals surface area contributed by atoms with Gasteiger partial charge in [-0.15, -0.1) is 0 Å². The Morgan fingerprint density at radius 2 is 2.00 bits per heavy atom. The molecule has 0 fully saturated rings. The number of carboxylic acid groups (broad SMARTS) is 1. The minimum absolute atomic E-state index is 0.302. The van der Waals surface area contributed by atoms with E-state index in [1.54, 1.807) is 0 Å². The SMILES string of the molecule is CCC(C)CC(=O)O.CNC(=O)OC. The van der Waals surface area contributed by atoms with Crippen LogP contribution in [0, 0.1) is 5.92 Å². The molecule has 0 saturated heterocycles. The summed E-state index contributed by atoms with van der Waals surface area (Å²) in [5.74, 6) is -0.369. The summed E-state index contributed by atoms with van der Waals surface area (Å²) < 4.78 is 4.15. The molecule has 14 heavy (non-hydrogen) atoms. The summed E-state index contributed by atoms with van der Waals surface area (Å²) in [4.78, 5) is 19.8. The lowest BCUT2D eigenvalue weighted by Gasteiger charge is -2.00. The third-order valence-electron chi connectivity index (χ3n) is 1.61. The maximum absolute atomic E-state index is 9.97. The number of amides is 1. The first kappa shape index (κ1) is 15.2. The van der Waals surface area contributed by atoms with E-state index in [2.05, 4.69) is 10.1 Å². The summed E-state index contributed by atoms with van der Waals surface area (Å²) >= 11 is 0. The largest absolute Gasteiger partial charge is 0.481 e. The molecule has 0 heterocycles. The Balaban J connectivity index is 0. The van der Waals surface area contributed by atoms with E-state index in [0.29, 0.717) is 12.3 Å². The van der Waals surface area contributed by atoms with Crippen LogP contribution in [0.5, 0.6) is 0 Å². The minimum atomic E-state index is -0.695. The fourth-order valence-electron chi connectivity index (χ4n) is 0.544. The molecule has 0 rings (SSSR count). The first-order chi connectivity index (χ1) is 6.47. The highest BCUT2D eigenvalue weighted by molar-refractivity contribution is 5.67. The number of carbonyl (C=O) groups excluding carboxylic acids is 1. The third kappa shape index (κ3) is 13.3. The molecule has 0 aromatic rings. The zero-order valence-corrected chi connectivity index (χ0v) is 9.16. The van der Waals surface area contributed by atoms with Crippen molar-refractivity contribution in [3.63, 3.8) is 0 Å². The standard InChI is InChI=1S/C6H12O2.C3H7NO2/c1-3-5(2)4-6(7)8;1-4-3(5)6-2/h5H,3-4H2,1-2H3,(H,7,8);1-2H3,(H,4,5). The number of aliphatic carboxylic acids is 1. The van der Waals surface area contributed by atoms with Crippen LogP contribution in [0.1, 0.15) is 26.7 Å². The molecule has 0 saturated carbocycles. The number of ether oxygens (including phenoxy) is 1. The molecule has 2 N–H and O–H groups in total. The monoisotopic (exact) mass is 205 g/mol. The molecule has 0 radical (unpaired) electrons. The number of carboxylic acids is 1. The second-order valence-electron chi connectivity index (χ2n) is 2.85. The zero-order valence-electron chi connectivity index (χ0n) is 9.16. The van der Waals surface area contributed by atoms with Gasteiger partial charge in [0.25, 0.3) is 0 Å². The summed E-state index contributed by atoms with van der Waals surface area (Å²) in [6, 6.07) is 0. The zero-order chi connectivity index (χ0) is 11.6. The second-order valence-corrected chi connectivity index (χ2v) is 2.85. The van der Waals surface area contributed by atoms with Crippen LogP contribution in [0.3, 0.4) is 0 Å². The molecule has 1 atom stereocenters. The number of carbonyl (C=O) groups is 2. The van der Waals surface area contributed by atoms with E-state index in [1.165, 1.54) is 14.2 Å². The number of alkyl carbamates (subject to hydrolysis) is 1. The highest BCUT2D eigenvalue weighted by atomic mass is 16.5. The van der Waals surface area contributed by atoms with Crippen molar-refractivity contribution in [2.75, 3.05) is 14.2 Å². The molecule has 0 aliphatic rings. The van der Waals surface area contributed by atoms with Crippen molar-refractivity contribution in [1.29, 1.82) is 0 Å². The average Bonchev–Trinajstić information content (AvgIpc) is 2.16. The minimum Gasteiger partial charge on any atom is -0.481 e. The van der Waals surface area contributed by atoms with Crippen molar-refractivity contribution in [2.24, 2.45) is 5.92 Å². The molecule has 0 spiro atoms. The van der Waals surface area contributed by atoms with Gasteiger partial charge in [-0.3, -0.25) is 4.79 Å². The molecule has 1 unspecified atom stereocenters. The Bertz CT molecular complexity index is 164. The topological polar surface area (TPSA) is 75.6 Å². The van der Waals surface area contributed by atoms with E-state index in [4.69, 9.17) is 5.11 Å². The molecule has 0 aliphatic carbocycles. The normalized spacial score (nSPS) is 10.6. The number of rotatable bonds is 3. The van der Waals surface area contributed by atoms with Crippen LogP contribution in [-0.4, -0.2) is 31.3 Å². The predicted molar refractivity (Wildman–Crippen MR) is 53.2 cm³/mol. The second kappa shape index (κ2) is 9.83. The fourth-order valence-corrected chi connectivity index (χ4v) is 0.544. The highest BCUT2D eigenvalue weighted by Crippen LogP contribution is 2.04. The van der Waals surface area contributed by atoms with Gasteiger partial charge in [0.2, 0.25) is 0 Å². The Hall–Kier alpha value is -1.26. The third-order valence-corrected chi connectivity index (χ3v) is 1.61. The highest BCUT2D eigenvalue weighted by Gasteiger charge is 2.02. The van der Waals surface area contributed by atoms with Crippen LogP contribution in [0.4, 0.5) is 4.79 Å². The van der Waals surface area contributed by atoms with Crippen LogP contribution >= 0.6 is 0 Å². The molecule has 0 bridgehead atoms. The van der Waals surface area contributed by atoms with E-state index >= 15 is 0 Å². The van der Waals surface area contributed by atoms with Crippen molar-refractivity contribution < 1.29 is 19.4 Å². The van der Waals surface area contributed by atoms with Crippen molar-refractivity contribution in [1.82, 2.24) is 5.32 Å². The van der Waals surface area contributed by atoms with Gasteiger partial charge in [-0.1, -0.05) is 20.3 Å². The molecular formula is C9H19NO4. The van der Waals surface area contributed by atoms with Crippen molar-refractivity contribution >= 4 is 12.1 Å². The van der Waals surface area contributed by atoms with E-state index in [0.717, 1.165) is 6.42 Å². The maximum atomic E-state index is 9.97. The Morgan fingerprint density at radius 1 is 1.50 bits per heavy atom. The molecule has 0 aliphatic heterocycles. The van der Waals surface area contributed by atoms with Gasteiger partial charge in [-0.2, -0.15) is 0 Å². The lowest BCUT2D eigenvalue weighted by Crippen LogP contribution is -2.16.